The summed E-state index contributed by atoms with van der Waals surface area (Å²) in [6.07, 6.45) is 1.83. The van der Waals surface area contributed by atoms with E-state index < -0.39 is 0 Å². The third-order valence-electron chi connectivity index (χ3n) is 5.21. The number of aryl methyl sites for hydroxylation is 1. The molecule has 2 aromatic carbocycles. The number of aromatic amines is 1. The first-order chi connectivity index (χ1) is 12.6. The van der Waals surface area contributed by atoms with Gasteiger partial charge in [-0.1, -0.05) is 11.6 Å². The van der Waals surface area contributed by atoms with E-state index in [0.29, 0.717) is 6.54 Å². The minimum absolute atomic E-state index is 0.187. The molecule has 0 bridgehead atoms. The zero-order valence-electron chi connectivity index (χ0n) is 14.9. The van der Waals surface area contributed by atoms with Crippen molar-refractivity contribution in [2.45, 2.75) is 6.92 Å². The van der Waals surface area contributed by atoms with E-state index in [4.69, 9.17) is 0 Å². The summed E-state index contributed by atoms with van der Waals surface area (Å²) in [5, 5.41) is 1.01. The van der Waals surface area contributed by atoms with Crippen LogP contribution in [0.15, 0.2) is 48.7 Å². The van der Waals surface area contributed by atoms with Crippen LogP contribution >= 0.6 is 0 Å². The molecule has 0 atom stereocenters. The normalized spacial score (nSPS) is 15.5. The average Bonchev–Trinajstić information content (AvgIpc) is 3.06. The lowest BCUT2D eigenvalue weighted by atomic mass is 10.1. The molecule has 2 heterocycles. The Labute approximate surface area is 152 Å². The van der Waals surface area contributed by atoms with Crippen LogP contribution in [-0.2, 0) is 0 Å². The molecule has 0 unspecified atom stereocenters. The first-order valence-corrected chi connectivity index (χ1v) is 9.05. The fourth-order valence-electron chi connectivity index (χ4n) is 3.70. The quantitative estimate of drug-likeness (QED) is 0.707. The first kappa shape index (κ1) is 16.8. The molecule has 0 aliphatic carbocycles. The van der Waals surface area contributed by atoms with Crippen molar-refractivity contribution in [2.75, 3.05) is 37.6 Å². The number of carbonyl (C=O) groups is 1. The fourth-order valence-corrected chi connectivity index (χ4v) is 3.70. The Kier molecular flexibility index (Phi) is 4.47. The monoisotopic (exact) mass is 352 g/mol. The Morgan fingerprint density at radius 1 is 1.15 bits per heavy atom. The second-order valence-corrected chi connectivity index (χ2v) is 7.06. The van der Waals surface area contributed by atoms with Gasteiger partial charge in [0.15, 0.2) is 0 Å². The fraction of sp³-hybridized carbons (Fsp3) is 0.286. The summed E-state index contributed by atoms with van der Waals surface area (Å²) >= 11 is 0. The largest absolute Gasteiger partial charge is 0.360 e. The highest BCUT2D eigenvalue weighted by Gasteiger charge is 2.24. The van der Waals surface area contributed by atoms with Gasteiger partial charge in [0.05, 0.1) is 26.2 Å². The van der Waals surface area contributed by atoms with Gasteiger partial charge in [-0.2, -0.15) is 0 Å². The second-order valence-electron chi connectivity index (χ2n) is 7.06. The van der Waals surface area contributed by atoms with Gasteiger partial charge in [-0.05, 0) is 43.3 Å². The topological polar surface area (TPSA) is 40.5 Å². The van der Waals surface area contributed by atoms with Crippen LogP contribution in [0.1, 0.15) is 15.9 Å². The van der Waals surface area contributed by atoms with Crippen LogP contribution in [0.5, 0.6) is 0 Å². The summed E-state index contributed by atoms with van der Waals surface area (Å²) in [5.74, 6) is -0.0235. The van der Waals surface area contributed by atoms with Gasteiger partial charge in [-0.3, -0.25) is 4.79 Å². The number of fused-ring (bicyclic) bond motifs is 1. The number of anilines is 1. The Balaban J connectivity index is 1.40. The van der Waals surface area contributed by atoms with E-state index in [1.807, 2.05) is 37.4 Å². The number of halogens is 1. The van der Waals surface area contributed by atoms with Gasteiger partial charge >= 0.3 is 0 Å². The number of ketones is 1. The number of H-pyrrole nitrogens is 1. The van der Waals surface area contributed by atoms with Crippen molar-refractivity contribution < 1.29 is 14.1 Å². The summed E-state index contributed by atoms with van der Waals surface area (Å²) in [4.78, 5) is 19.5. The van der Waals surface area contributed by atoms with Gasteiger partial charge in [-0.15, -0.1) is 0 Å². The van der Waals surface area contributed by atoms with Crippen LogP contribution in [0.4, 0.5) is 10.1 Å². The maximum absolute atomic E-state index is 13.1. The zero-order chi connectivity index (χ0) is 18.1. The molecule has 0 saturated carbocycles. The lowest BCUT2D eigenvalue weighted by Gasteiger charge is -2.33. The van der Waals surface area contributed by atoms with Crippen LogP contribution in [0.2, 0.25) is 0 Å². The average molecular weight is 352 g/mol. The molecule has 2 N–H and O–H groups in total. The molecule has 1 fully saturated rings. The van der Waals surface area contributed by atoms with Crippen LogP contribution in [-0.4, -0.2) is 43.5 Å². The molecule has 1 aliphatic heterocycles. The number of benzene rings is 2. The Hall–Kier alpha value is -2.66. The molecule has 4 nitrogen and oxygen atoms in total. The lowest BCUT2D eigenvalue weighted by molar-refractivity contribution is -0.892. The Morgan fingerprint density at radius 3 is 2.62 bits per heavy atom. The Morgan fingerprint density at radius 2 is 1.88 bits per heavy atom. The number of hydrogen-bond donors (Lipinski definition) is 2. The first-order valence-electron chi connectivity index (χ1n) is 9.05. The lowest BCUT2D eigenvalue weighted by Crippen LogP contribution is -3.15. The van der Waals surface area contributed by atoms with Crippen molar-refractivity contribution in [1.29, 1.82) is 0 Å². The molecule has 1 saturated heterocycles. The summed E-state index contributed by atoms with van der Waals surface area (Å²) in [6, 6.07) is 12.8. The van der Waals surface area contributed by atoms with Crippen molar-refractivity contribution in [3.8, 4) is 0 Å². The van der Waals surface area contributed by atoms with E-state index in [0.717, 1.165) is 53.9 Å². The predicted octanol–water partition coefficient (Wildman–Crippen LogP) is 2.20. The molecular weight excluding hydrogens is 329 g/mol. The number of carbonyl (C=O) groups excluding carboxylic acids is 1. The van der Waals surface area contributed by atoms with Gasteiger partial charge in [0.25, 0.3) is 0 Å². The third kappa shape index (κ3) is 3.35. The number of rotatable bonds is 4. The zero-order valence-corrected chi connectivity index (χ0v) is 14.9. The molecule has 5 heteroatoms. The standard InChI is InChI=1S/C21H22FN3O/c1-15-2-7-20-18(12-15)19(13-23-20)21(26)14-24-8-10-25(11-9-24)17-5-3-16(22)4-6-17/h2-7,12-13,23H,8-11,14H2,1H3/p+1. The van der Waals surface area contributed by atoms with Crippen molar-refractivity contribution in [1.82, 2.24) is 4.98 Å². The number of nitrogens with one attached hydrogen (secondary N) is 2. The number of Topliss-reactive ketones (excluding diaryl/α,β-unsaturated/α-hetero) is 1. The minimum atomic E-state index is -0.211. The molecule has 1 aromatic heterocycles. The van der Waals surface area contributed by atoms with Crippen LogP contribution in [0.25, 0.3) is 10.9 Å². The summed E-state index contributed by atoms with van der Waals surface area (Å²) in [7, 11) is 0. The molecule has 134 valence electrons. The van der Waals surface area contributed by atoms with E-state index in [2.05, 4.69) is 16.0 Å². The summed E-state index contributed by atoms with van der Waals surface area (Å²) < 4.78 is 13.1. The molecule has 3 aromatic rings. The van der Waals surface area contributed by atoms with Crippen molar-refractivity contribution in [2.24, 2.45) is 0 Å². The van der Waals surface area contributed by atoms with E-state index in [-0.39, 0.29) is 11.6 Å². The van der Waals surface area contributed by atoms with Crippen LogP contribution < -0.4 is 9.80 Å². The van der Waals surface area contributed by atoms with Gasteiger partial charge < -0.3 is 14.8 Å². The maximum atomic E-state index is 13.1. The molecule has 0 spiro atoms. The van der Waals surface area contributed by atoms with Gasteiger partial charge in [0, 0.05) is 28.4 Å². The molecule has 0 radical (unpaired) electrons. The molecule has 1 aliphatic rings. The summed E-state index contributed by atoms with van der Waals surface area (Å²) in [5.41, 5.74) is 4.00. The molecule has 26 heavy (non-hydrogen) atoms. The van der Waals surface area contributed by atoms with Crippen LogP contribution in [0, 0.1) is 12.7 Å². The number of quaternary nitrogens is 1. The van der Waals surface area contributed by atoms with Gasteiger partial charge in [0.2, 0.25) is 5.78 Å². The van der Waals surface area contributed by atoms with E-state index >= 15 is 0 Å². The second kappa shape index (κ2) is 6.92. The predicted molar refractivity (Wildman–Crippen MR) is 102 cm³/mol. The molecular formula is C21H23FN3O+. The highest BCUT2D eigenvalue weighted by molar-refractivity contribution is 6.08. The maximum Gasteiger partial charge on any atom is 0.219 e. The van der Waals surface area contributed by atoms with Crippen molar-refractivity contribution in [3.63, 3.8) is 0 Å². The highest BCUT2D eigenvalue weighted by atomic mass is 19.1. The Bertz CT molecular complexity index is 924. The van der Waals surface area contributed by atoms with Crippen LogP contribution in [0.3, 0.4) is 0 Å². The number of nitrogens with zero attached hydrogens (tertiary/aromatic N) is 1. The molecule has 0 amide bonds. The smallest absolute Gasteiger partial charge is 0.219 e. The highest BCUT2D eigenvalue weighted by Crippen LogP contribution is 2.20. The van der Waals surface area contributed by atoms with Crippen molar-refractivity contribution in [3.05, 3.63) is 65.6 Å². The SMILES string of the molecule is Cc1ccc2[nH]cc(C(=O)C[NH+]3CCN(c4ccc(F)cc4)CC3)c2c1. The van der Waals surface area contributed by atoms with Gasteiger partial charge in [0.1, 0.15) is 12.4 Å². The molecule has 4 rings (SSSR count). The van der Waals surface area contributed by atoms with Crippen molar-refractivity contribution >= 4 is 22.4 Å². The third-order valence-corrected chi connectivity index (χ3v) is 5.21. The number of piperazine rings is 1. The van der Waals surface area contributed by atoms with E-state index in [1.165, 1.54) is 17.0 Å². The summed E-state index contributed by atoms with van der Waals surface area (Å²) in [6.45, 7) is 6.12. The van der Waals surface area contributed by atoms with Gasteiger partial charge in [-0.25, -0.2) is 4.39 Å². The minimum Gasteiger partial charge on any atom is -0.360 e. The van der Waals surface area contributed by atoms with E-state index in [9.17, 15) is 9.18 Å². The number of hydrogen-bond acceptors (Lipinski definition) is 2. The number of aromatic nitrogens is 1. The van der Waals surface area contributed by atoms with E-state index in [1.54, 1.807) is 0 Å².